The third-order valence-corrected chi connectivity index (χ3v) is 1.37. The Kier molecular flexibility index (Phi) is 5.72. The Hall–Kier alpha value is -1.22. The number of rotatable bonds is 1. The molecule has 0 aromatic carbocycles. The second-order valence-electron chi connectivity index (χ2n) is 2.91. The van der Waals surface area contributed by atoms with Crippen LogP contribution < -0.4 is 0 Å². The lowest BCUT2D eigenvalue weighted by Crippen LogP contribution is -2.23. The second-order valence-corrected chi connectivity index (χ2v) is 2.91. The van der Waals surface area contributed by atoms with Crippen LogP contribution >= 0.6 is 12.4 Å². The van der Waals surface area contributed by atoms with Gasteiger partial charge in [-0.05, 0) is 26.0 Å². The molecule has 1 aliphatic rings. The minimum absolute atomic E-state index is 0. The molecule has 0 aliphatic carbocycles. The normalized spacial score (nSPS) is 13.8. The fraction of sp³-hybridized carbons (Fsp3) is 0.300. The van der Waals surface area contributed by atoms with Crippen molar-refractivity contribution in [3.05, 3.63) is 36.7 Å². The predicted molar refractivity (Wildman–Crippen MR) is 58.1 cm³/mol. The van der Waals surface area contributed by atoms with Crippen molar-refractivity contribution >= 4 is 18.5 Å². The van der Waals surface area contributed by atoms with Crippen molar-refractivity contribution in [1.29, 1.82) is 0 Å². The fourth-order valence-corrected chi connectivity index (χ4v) is 0.847. The van der Waals surface area contributed by atoms with Gasteiger partial charge in [-0.1, -0.05) is 12.2 Å². The van der Waals surface area contributed by atoms with E-state index in [0.29, 0.717) is 0 Å². The van der Waals surface area contributed by atoms with Crippen molar-refractivity contribution in [1.82, 2.24) is 4.90 Å². The van der Waals surface area contributed by atoms with E-state index in [4.69, 9.17) is 4.74 Å². The van der Waals surface area contributed by atoms with Crippen LogP contribution in [0.4, 0.5) is 4.79 Å². The Morgan fingerprint density at radius 2 is 1.64 bits per heavy atom. The molecule has 1 amide bonds. The number of ether oxygens (including phenoxy) is 1. The summed E-state index contributed by atoms with van der Waals surface area (Å²) in [4.78, 5) is 12.7. The maximum atomic E-state index is 11.3. The molecule has 0 saturated carbocycles. The summed E-state index contributed by atoms with van der Waals surface area (Å²) in [5, 5.41) is 0. The average Bonchev–Trinajstić information content (AvgIpc) is 2.29. The highest BCUT2D eigenvalue weighted by Crippen LogP contribution is 2.03. The number of allylic oxidation sites excluding steroid dienone is 4. The zero-order valence-corrected chi connectivity index (χ0v) is 9.03. The number of amides is 1. The average molecular weight is 216 g/mol. The van der Waals surface area contributed by atoms with E-state index in [1.807, 2.05) is 26.0 Å². The van der Waals surface area contributed by atoms with Crippen LogP contribution in [0.1, 0.15) is 13.8 Å². The molecule has 0 N–H and O–H groups in total. The molecule has 0 bridgehead atoms. The Labute approximate surface area is 90.1 Å². The Bertz CT molecular complexity index is 253. The molecular formula is C10H14ClNO2. The van der Waals surface area contributed by atoms with Crippen molar-refractivity contribution in [3.63, 3.8) is 0 Å². The number of hydrogen-bond donors (Lipinski definition) is 0. The molecule has 1 aliphatic heterocycles. The van der Waals surface area contributed by atoms with Crippen LogP contribution in [0.5, 0.6) is 0 Å². The largest absolute Gasteiger partial charge is 0.446 e. The lowest BCUT2D eigenvalue weighted by molar-refractivity contribution is 0.0986. The Morgan fingerprint density at radius 1 is 1.14 bits per heavy atom. The maximum Gasteiger partial charge on any atom is 0.418 e. The molecule has 14 heavy (non-hydrogen) atoms. The van der Waals surface area contributed by atoms with Gasteiger partial charge in [0.05, 0.1) is 6.10 Å². The number of nitrogens with zero attached hydrogens (tertiary/aromatic N) is 1. The minimum atomic E-state index is -0.355. The van der Waals surface area contributed by atoms with Gasteiger partial charge in [0.2, 0.25) is 0 Å². The van der Waals surface area contributed by atoms with Gasteiger partial charge in [0, 0.05) is 12.4 Å². The number of halogens is 1. The monoisotopic (exact) mass is 215 g/mol. The summed E-state index contributed by atoms with van der Waals surface area (Å²) in [5.41, 5.74) is 0. The van der Waals surface area contributed by atoms with Crippen molar-refractivity contribution in [3.8, 4) is 0 Å². The van der Waals surface area contributed by atoms with Crippen LogP contribution in [-0.4, -0.2) is 17.1 Å². The topological polar surface area (TPSA) is 29.5 Å². The standard InChI is InChI=1S/C10H13NO2.ClH/c1-9(2)13-10(12)11-7-5-3-4-6-8-11;/h3-9H,1-2H3;1H. The van der Waals surface area contributed by atoms with E-state index in [2.05, 4.69) is 0 Å². The molecule has 4 heteroatoms. The Morgan fingerprint density at radius 3 is 2.07 bits per heavy atom. The lowest BCUT2D eigenvalue weighted by atomic mass is 10.5. The number of carbonyl (C=O) groups is 1. The van der Waals surface area contributed by atoms with Crippen molar-refractivity contribution < 1.29 is 9.53 Å². The molecule has 78 valence electrons. The maximum absolute atomic E-state index is 11.3. The van der Waals surface area contributed by atoms with Gasteiger partial charge < -0.3 is 4.74 Å². The van der Waals surface area contributed by atoms with Gasteiger partial charge >= 0.3 is 6.09 Å². The van der Waals surface area contributed by atoms with E-state index in [9.17, 15) is 4.79 Å². The van der Waals surface area contributed by atoms with Gasteiger partial charge in [-0.15, -0.1) is 12.4 Å². The van der Waals surface area contributed by atoms with E-state index in [1.165, 1.54) is 4.90 Å². The molecule has 1 heterocycles. The highest BCUT2D eigenvalue weighted by Gasteiger charge is 2.10. The number of carbonyl (C=O) groups excluding carboxylic acids is 1. The van der Waals surface area contributed by atoms with Crippen molar-refractivity contribution in [2.45, 2.75) is 20.0 Å². The molecule has 1 rings (SSSR count). The molecule has 0 fully saturated rings. The van der Waals surface area contributed by atoms with Gasteiger partial charge in [-0.3, -0.25) is 4.90 Å². The van der Waals surface area contributed by atoms with E-state index >= 15 is 0 Å². The van der Waals surface area contributed by atoms with Crippen LogP contribution in [0.25, 0.3) is 0 Å². The van der Waals surface area contributed by atoms with Crippen LogP contribution in [0.2, 0.25) is 0 Å². The van der Waals surface area contributed by atoms with Crippen LogP contribution in [0.3, 0.4) is 0 Å². The third kappa shape index (κ3) is 4.14. The third-order valence-electron chi connectivity index (χ3n) is 1.37. The van der Waals surface area contributed by atoms with Crippen molar-refractivity contribution in [2.75, 3.05) is 0 Å². The summed E-state index contributed by atoms with van der Waals surface area (Å²) < 4.78 is 5.00. The summed E-state index contributed by atoms with van der Waals surface area (Å²) in [6.45, 7) is 3.64. The highest BCUT2D eigenvalue weighted by molar-refractivity contribution is 5.85. The zero-order valence-electron chi connectivity index (χ0n) is 8.21. The van der Waals surface area contributed by atoms with Crippen LogP contribution in [-0.2, 0) is 4.74 Å². The molecule has 0 saturated heterocycles. The van der Waals surface area contributed by atoms with Gasteiger partial charge in [0.25, 0.3) is 0 Å². The smallest absolute Gasteiger partial charge is 0.418 e. The van der Waals surface area contributed by atoms with Crippen LogP contribution in [0, 0.1) is 0 Å². The molecule has 0 aromatic heterocycles. The molecular weight excluding hydrogens is 202 g/mol. The zero-order chi connectivity index (χ0) is 9.68. The minimum Gasteiger partial charge on any atom is -0.446 e. The SMILES string of the molecule is CC(C)OC(=O)N1C=CC=CC=C1.Cl. The summed E-state index contributed by atoms with van der Waals surface area (Å²) in [7, 11) is 0. The summed E-state index contributed by atoms with van der Waals surface area (Å²) in [6, 6.07) is 0. The van der Waals surface area contributed by atoms with E-state index in [-0.39, 0.29) is 24.6 Å². The lowest BCUT2D eigenvalue weighted by Gasteiger charge is -2.14. The van der Waals surface area contributed by atoms with Gasteiger partial charge in [-0.2, -0.15) is 0 Å². The molecule has 0 spiro atoms. The molecule has 0 radical (unpaired) electrons. The molecule has 0 atom stereocenters. The Balaban J connectivity index is 0.00000169. The highest BCUT2D eigenvalue weighted by atomic mass is 35.5. The van der Waals surface area contributed by atoms with E-state index in [0.717, 1.165) is 0 Å². The van der Waals surface area contributed by atoms with Gasteiger partial charge in [0.1, 0.15) is 0 Å². The quantitative estimate of drug-likeness (QED) is 0.673. The van der Waals surface area contributed by atoms with Crippen LogP contribution in [0.15, 0.2) is 36.7 Å². The fourth-order valence-electron chi connectivity index (χ4n) is 0.847. The molecule has 0 aromatic rings. The summed E-state index contributed by atoms with van der Waals surface area (Å²) in [6.07, 6.45) is 10.1. The first kappa shape index (κ1) is 12.8. The first-order valence-electron chi connectivity index (χ1n) is 4.21. The summed E-state index contributed by atoms with van der Waals surface area (Å²) in [5.74, 6) is 0. The molecule has 3 nitrogen and oxygen atoms in total. The second kappa shape index (κ2) is 6.27. The van der Waals surface area contributed by atoms with Crippen molar-refractivity contribution in [2.24, 2.45) is 0 Å². The van der Waals surface area contributed by atoms with Gasteiger partial charge in [0.15, 0.2) is 0 Å². The summed E-state index contributed by atoms with van der Waals surface area (Å²) >= 11 is 0. The first-order chi connectivity index (χ1) is 6.20. The first-order valence-corrected chi connectivity index (χ1v) is 4.21. The van der Waals surface area contributed by atoms with E-state index < -0.39 is 0 Å². The number of hydrogen-bond acceptors (Lipinski definition) is 2. The van der Waals surface area contributed by atoms with Gasteiger partial charge in [-0.25, -0.2) is 4.79 Å². The molecule has 0 unspecified atom stereocenters. The van der Waals surface area contributed by atoms with E-state index in [1.54, 1.807) is 24.6 Å². The predicted octanol–water partition coefficient (Wildman–Crippen LogP) is 2.85.